The van der Waals surface area contributed by atoms with Crippen LogP contribution >= 0.6 is 0 Å². The molecule has 2 fully saturated rings. The highest BCUT2D eigenvalue weighted by atomic mass is 16.5. The summed E-state index contributed by atoms with van der Waals surface area (Å²) in [7, 11) is 2.90. The van der Waals surface area contributed by atoms with E-state index in [1.807, 2.05) is 83.7 Å². The number of aromatic nitrogens is 12. The van der Waals surface area contributed by atoms with E-state index in [1.54, 1.807) is 35.7 Å². The van der Waals surface area contributed by atoms with Gasteiger partial charge in [-0.25, -0.2) is 24.7 Å². The highest BCUT2D eigenvalue weighted by Gasteiger charge is 2.30. The van der Waals surface area contributed by atoms with Crippen LogP contribution in [0.25, 0.3) is 22.5 Å². The summed E-state index contributed by atoms with van der Waals surface area (Å²) in [5.41, 5.74) is 16.2. The third-order valence-electron chi connectivity index (χ3n) is 15.5. The first kappa shape index (κ1) is 62.1. The van der Waals surface area contributed by atoms with Crippen LogP contribution in [0.2, 0.25) is 0 Å². The van der Waals surface area contributed by atoms with Crippen LogP contribution in [0.4, 0.5) is 23.3 Å². The average molecular weight is 1160 g/mol. The lowest BCUT2D eigenvalue weighted by atomic mass is 9.86. The van der Waals surface area contributed by atoms with Crippen molar-refractivity contribution in [1.82, 2.24) is 59.1 Å². The van der Waals surface area contributed by atoms with Crippen molar-refractivity contribution in [2.75, 3.05) is 24.9 Å². The van der Waals surface area contributed by atoms with Crippen LogP contribution in [0.15, 0.2) is 110 Å². The second-order valence-corrected chi connectivity index (χ2v) is 23.7. The molecular formula is C63H79N15O7. The van der Waals surface area contributed by atoms with Crippen molar-refractivity contribution in [2.45, 2.75) is 149 Å². The van der Waals surface area contributed by atoms with Gasteiger partial charge in [0.2, 0.25) is 11.9 Å². The Bertz CT molecular complexity index is 3570. The number of hydrogen-bond donors (Lipinski definition) is 4. The van der Waals surface area contributed by atoms with Gasteiger partial charge in [-0.1, -0.05) is 24.3 Å². The molecule has 22 heteroatoms. The minimum atomic E-state index is -0.939. The summed E-state index contributed by atoms with van der Waals surface area (Å²) in [6.07, 6.45) is 25.3. The van der Waals surface area contributed by atoms with Gasteiger partial charge in [0.25, 0.3) is 0 Å². The number of nitrogens with zero attached hydrogens (tertiary/aromatic N) is 12. The third-order valence-corrected chi connectivity index (χ3v) is 15.5. The Morgan fingerprint density at radius 2 is 1.02 bits per heavy atom. The first-order valence-corrected chi connectivity index (χ1v) is 28.8. The lowest BCUT2D eigenvalue weighted by Gasteiger charge is -2.26. The average Bonchev–Trinajstić information content (AvgIpc) is 4.50. The molecular weight excluding hydrogens is 1080 g/mol. The molecule has 0 amide bonds. The maximum atomic E-state index is 12.8. The van der Waals surface area contributed by atoms with Crippen LogP contribution in [0.3, 0.4) is 0 Å². The van der Waals surface area contributed by atoms with Gasteiger partial charge in [0, 0.05) is 61.3 Å². The zero-order valence-corrected chi connectivity index (χ0v) is 50.3. The Kier molecular flexibility index (Phi) is 20.2. The molecule has 22 nitrogen and oxygen atoms in total. The van der Waals surface area contributed by atoms with Gasteiger partial charge in [0.15, 0.2) is 5.78 Å². The largest absolute Gasteiger partial charge is 0.478 e. The normalized spacial score (nSPS) is 16.9. The maximum absolute atomic E-state index is 12.8. The van der Waals surface area contributed by atoms with Crippen LogP contribution in [-0.4, -0.2) is 102 Å². The van der Waals surface area contributed by atoms with E-state index < -0.39 is 5.97 Å². The van der Waals surface area contributed by atoms with Gasteiger partial charge in [-0.05, 0) is 160 Å². The van der Waals surface area contributed by atoms with Gasteiger partial charge < -0.3 is 30.9 Å². The molecule has 6 aromatic heterocycles. The second-order valence-electron chi connectivity index (χ2n) is 23.7. The molecule has 8 aromatic rings. The molecule has 0 radical (unpaired) electrons. The van der Waals surface area contributed by atoms with E-state index in [4.69, 9.17) is 25.3 Å². The van der Waals surface area contributed by atoms with Crippen molar-refractivity contribution in [3.8, 4) is 22.5 Å². The lowest BCUT2D eigenvalue weighted by Crippen LogP contribution is -2.24. The molecule has 2 aliphatic carbocycles. The van der Waals surface area contributed by atoms with E-state index in [0.29, 0.717) is 36.8 Å². The number of aryl methyl sites for hydroxylation is 3. The number of benzene rings is 2. The number of ketones is 1. The molecule has 2 saturated carbocycles. The molecule has 0 unspecified atom stereocenters. The molecule has 5 N–H and O–H groups in total. The number of carbonyl (C=O) groups is 4. The fourth-order valence-corrected chi connectivity index (χ4v) is 10.4. The van der Waals surface area contributed by atoms with Crippen LogP contribution in [0.5, 0.6) is 0 Å². The number of aromatic carboxylic acids is 1. The van der Waals surface area contributed by atoms with Gasteiger partial charge in [0.1, 0.15) is 0 Å². The standard InChI is InChI=1S/C32H39N7O3.C23H28N6O2.C8H12N2O2/c1-21-16-24(7-6-22(21)10-13-29(40)25-17-35-39(19-25)32(2,3)4)28-14-15-33-31(37-28)36-26-18-34-38(20-26)27-11-8-23(9-12-27)30(41)42-5;1-15-11-17(3-4-18(15)12-24)21-9-10-25-23(28-21)27-19-13-26-29(14-19)20-7-5-16(6-8-20)22(30)31-2;1-8(2,3)10-5-6(4-9-10)7(11)12/h6-7,14-20,23,27H,8-13H2,1-5H3,(H,33,36,37);3-4,9-11,13-14,16,20H,5-8,12,24H2,1-2H3,(H,25,27,28);4-5H,1-3H3,(H,11,12). The molecule has 2 aliphatic rings. The molecule has 0 bridgehead atoms. The summed E-state index contributed by atoms with van der Waals surface area (Å²) in [5, 5.41) is 32.5. The summed E-state index contributed by atoms with van der Waals surface area (Å²) in [4.78, 5) is 65.0. The smallest absolute Gasteiger partial charge is 0.338 e. The number of esters is 2. The molecule has 0 saturated heterocycles. The van der Waals surface area contributed by atoms with E-state index in [9.17, 15) is 19.2 Å². The SMILES string of the molecule is CC(C)(C)n1cc(C(=O)O)cn1.COC(=O)C1CCC(n2cc(Nc3nccc(-c4ccc(CCC(=O)c5cnn(C(C)(C)C)c5)c(C)c4)n3)cn2)CC1.COC(=O)C1CCC(n2cc(Nc3nccc(-c4ccc(CN)c(C)c4)n3)cn2)CC1. The number of carboxylic acid groups (broad SMARTS) is 1. The van der Waals surface area contributed by atoms with Crippen molar-refractivity contribution in [1.29, 1.82) is 0 Å². The fraction of sp³-hybridized carbons (Fsp3) is 0.429. The Balaban J connectivity index is 0.000000191. The number of carbonyl (C=O) groups excluding carboxylic acids is 3. The van der Waals surface area contributed by atoms with Crippen LogP contribution in [-0.2, 0) is 43.1 Å². The quantitative estimate of drug-likeness (QED) is 0.0517. The van der Waals surface area contributed by atoms with E-state index in [2.05, 4.69) is 98.8 Å². The summed E-state index contributed by atoms with van der Waals surface area (Å²) in [5.74, 6) is -0.0621. The van der Waals surface area contributed by atoms with Gasteiger partial charge in [-0.2, -0.15) is 20.4 Å². The van der Waals surface area contributed by atoms with Crippen molar-refractivity contribution >= 4 is 47.0 Å². The molecule has 0 atom stereocenters. The van der Waals surface area contributed by atoms with Crippen molar-refractivity contribution in [2.24, 2.45) is 17.6 Å². The number of ether oxygens (including phenoxy) is 2. The second kappa shape index (κ2) is 27.6. The highest BCUT2D eigenvalue weighted by Crippen LogP contribution is 2.35. The number of anilines is 4. The number of hydrogen-bond acceptors (Lipinski definition) is 17. The number of carboxylic acids is 1. The van der Waals surface area contributed by atoms with Gasteiger partial charge in [0.05, 0.1) is 108 Å². The number of Topliss-reactive ketones (excluding diaryl/α,β-unsaturated/α-hetero) is 1. The van der Waals surface area contributed by atoms with Crippen molar-refractivity contribution < 1.29 is 33.8 Å². The van der Waals surface area contributed by atoms with E-state index in [0.717, 1.165) is 108 Å². The zero-order chi connectivity index (χ0) is 61.0. The van der Waals surface area contributed by atoms with Crippen molar-refractivity contribution in [3.63, 3.8) is 0 Å². The summed E-state index contributed by atoms with van der Waals surface area (Å²) in [6, 6.07) is 16.7. The van der Waals surface area contributed by atoms with E-state index >= 15 is 0 Å². The number of rotatable bonds is 16. The number of nitrogens with one attached hydrogen (secondary N) is 2. The molecule has 85 heavy (non-hydrogen) atoms. The van der Waals surface area contributed by atoms with Gasteiger partial charge >= 0.3 is 17.9 Å². The minimum Gasteiger partial charge on any atom is -0.478 e. The molecule has 0 spiro atoms. The van der Waals surface area contributed by atoms with Gasteiger partial charge in [-0.15, -0.1) is 0 Å². The lowest BCUT2D eigenvalue weighted by molar-refractivity contribution is -0.147. The maximum Gasteiger partial charge on any atom is 0.338 e. The Labute approximate surface area is 496 Å². The third kappa shape index (κ3) is 16.5. The first-order chi connectivity index (χ1) is 40.6. The minimum absolute atomic E-state index is 0.00750. The van der Waals surface area contributed by atoms with E-state index in [-0.39, 0.29) is 58.3 Å². The fourth-order valence-electron chi connectivity index (χ4n) is 10.4. The predicted molar refractivity (Wildman–Crippen MR) is 323 cm³/mol. The summed E-state index contributed by atoms with van der Waals surface area (Å²) >= 11 is 0. The van der Waals surface area contributed by atoms with Crippen LogP contribution < -0.4 is 16.4 Å². The molecule has 0 aliphatic heterocycles. The van der Waals surface area contributed by atoms with E-state index in [1.165, 1.54) is 26.6 Å². The first-order valence-electron chi connectivity index (χ1n) is 28.8. The molecule has 448 valence electrons. The zero-order valence-electron chi connectivity index (χ0n) is 50.3. The van der Waals surface area contributed by atoms with Crippen LogP contribution in [0, 0.1) is 25.7 Å². The Morgan fingerprint density at radius 3 is 1.41 bits per heavy atom. The number of methoxy groups -OCH3 is 2. The predicted octanol–water partition coefficient (Wildman–Crippen LogP) is 11.2. The number of nitrogens with two attached hydrogens (primary N) is 1. The topological polar surface area (TPSA) is 280 Å². The summed E-state index contributed by atoms with van der Waals surface area (Å²) in [6.45, 7) is 16.7. The molecule has 10 rings (SSSR count). The molecule has 6 heterocycles. The van der Waals surface area contributed by atoms with Crippen LogP contribution in [0.1, 0.15) is 154 Å². The molecule has 2 aromatic carbocycles. The Morgan fingerprint density at radius 1 is 0.588 bits per heavy atom. The van der Waals surface area contributed by atoms with Crippen molar-refractivity contribution in [3.05, 3.63) is 144 Å². The highest BCUT2D eigenvalue weighted by molar-refractivity contribution is 5.95. The monoisotopic (exact) mass is 1160 g/mol. The Hall–Kier alpha value is -8.92. The summed E-state index contributed by atoms with van der Waals surface area (Å²) < 4.78 is 17.2. The van der Waals surface area contributed by atoms with Gasteiger partial charge in [-0.3, -0.25) is 33.1 Å².